The van der Waals surface area contributed by atoms with Gasteiger partial charge in [0.25, 0.3) is 0 Å². The maximum absolute atomic E-state index is 9.35. The first-order chi connectivity index (χ1) is 19.1. The first-order valence-corrected chi connectivity index (χ1v) is 12.1. The van der Waals surface area contributed by atoms with Gasteiger partial charge in [-0.25, -0.2) is 4.85 Å². The van der Waals surface area contributed by atoms with Crippen molar-refractivity contribution in [1.82, 2.24) is 0 Å². The maximum Gasteiger partial charge on any atom is 0.189 e. The first-order valence-electron chi connectivity index (χ1n) is 12.1. The molecule has 180 valence electrons. The Kier molecular flexibility index (Phi) is 6.84. The molecule has 5 nitrogen and oxygen atoms in total. The molecule has 0 radical (unpaired) electrons. The van der Waals surface area contributed by atoms with Crippen LogP contribution in [0.3, 0.4) is 0 Å². The molecule has 0 N–H and O–H groups in total. The van der Waals surface area contributed by atoms with Crippen molar-refractivity contribution >= 4 is 22.7 Å². The molecular weight excluding hydrogens is 478 g/mol. The number of nitriles is 3. The summed E-state index contributed by atoms with van der Waals surface area (Å²) in [6.07, 6.45) is 0. The van der Waals surface area contributed by atoms with E-state index in [1.165, 1.54) is 0 Å². The Hall–Kier alpha value is -6.14. The van der Waals surface area contributed by atoms with Gasteiger partial charge in [0, 0.05) is 22.6 Å². The Morgan fingerprint density at radius 1 is 0.487 bits per heavy atom. The third-order valence-corrected chi connectivity index (χ3v) is 6.30. The normalized spacial score (nSPS) is 9.95. The molecule has 0 aliphatic rings. The van der Waals surface area contributed by atoms with Crippen LogP contribution in [0.25, 0.3) is 27.1 Å². The fraction of sp³-hybridized carbons (Fsp3) is 0. The van der Waals surface area contributed by atoms with Gasteiger partial charge in [-0.2, -0.15) is 15.8 Å². The smallest absolute Gasteiger partial charge is 0.189 e. The van der Waals surface area contributed by atoms with E-state index < -0.39 is 0 Å². The fourth-order valence-electron chi connectivity index (χ4n) is 4.46. The number of hydrogen-bond donors (Lipinski definition) is 0. The van der Waals surface area contributed by atoms with Gasteiger partial charge in [-0.05, 0) is 95.1 Å². The topological polar surface area (TPSA) is 79.0 Å². The predicted octanol–water partition coefficient (Wildman–Crippen LogP) is 8.66. The largest absolute Gasteiger partial charge is 0.311 e. The Labute approximate surface area is 227 Å². The van der Waals surface area contributed by atoms with Gasteiger partial charge in [0.05, 0.1) is 35.9 Å². The van der Waals surface area contributed by atoms with Crippen LogP contribution in [-0.2, 0) is 0 Å². The number of nitrogens with zero attached hydrogens (tertiary/aromatic N) is 5. The summed E-state index contributed by atoms with van der Waals surface area (Å²) in [5.74, 6) is 0. The summed E-state index contributed by atoms with van der Waals surface area (Å²) in [4.78, 5) is 5.63. The van der Waals surface area contributed by atoms with Gasteiger partial charge in [0.1, 0.15) is 0 Å². The molecule has 0 heterocycles. The Bertz CT molecular complexity index is 1640. The van der Waals surface area contributed by atoms with Crippen molar-refractivity contribution in [2.75, 3.05) is 4.90 Å². The molecule has 0 spiro atoms. The molecule has 0 fully saturated rings. The molecule has 0 amide bonds. The average molecular weight is 498 g/mol. The summed E-state index contributed by atoms with van der Waals surface area (Å²) in [5, 5.41) is 28.1. The molecule has 0 aliphatic heterocycles. The quantitative estimate of drug-likeness (QED) is 0.228. The maximum atomic E-state index is 9.35. The van der Waals surface area contributed by atoms with E-state index in [1.54, 1.807) is 36.4 Å². The minimum absolute atomic E-state index is 0.432. The van der Waals surface area contributed by atoms with Crippen molar-refractivity contribution in [2.45, 2.75) is 0 Å². The molecule has 5 aromatic carbocycles. The summed E-state index contributed by atoms with van der Waals surface area (Å²) in [5.41, 5.74) is 8.10. The molecule has 0 saturated heterocycles. The van der Waals surface area contributed by atoms with Gasteiger partial charge in [-0.3, -0.25) is 0 Å². The van der Waals surface area contributed by atoms with Crippen LogP contribution in [0.15, 0.2) is 115 Å². The molecular formula is C34H19N5. The highest BCUT2D eigenvalue weighted by Gasteiger charge is 2.13. The van der Waals surface area contributed by atoms with Crippen LogP contribution in [0, 0.1) is 40.6 Å². The van der Waals surface area contributed by atoms with Crippen LogP contribution in [0.1, 0.15) is 16.7 Å². The van der Waals surface area contributed by atoms with Crippen LogP contribution in [0.5, 0.6) is 0 Å². The van der Waals surface area contributed by atoms with Crippen molar-refractivity contribution in [3.63, 3.8) is 0 Å². The molecule has 0 aliphatic carbocycles. The Balaban J connectivity index is 1.53. The van der Waals surface area contributed by atoms with E-state index in [0.717, 1.165) is 39.3 Å². The minimum atomic E-state index is 0.432. The van der Waals surface area contributed by atoms with E-state index in [1.807, 2.05) is 78.9 Å². The Morgan fingerprint density at radius 2 is 0.923 bits per heavy atom. The van der Waals surface area contributed by atoms with Gasteiger partial charge in [0.15, 0.2) is 5.69 Å². The lowest BCUT2D eigenvalue weighted by Crippen LogP contribution is -2.09. The molecule has 5 heteroatoms. The Morgan fingerprint density at radius 3 is 1.38 bits per heavy atom. The SMILES string of the molecule is [C-]#[N+]c1cc(C#N)cc(-c2ccc(N(c3ccccc3)c3ccc(-c4cc(C#N)cc(C#N)c4)cc3)cc2)c1. The standard InChI is InChI=1S/C34H19N5/c1-38-31-19-26(23-37)18-30(20-31)28-9-13-34(14-10-28)39(32-5-3-2-4-6-32)33-11-7-27(8-12-33)29-16-24(21-35)15-25(17-29)22-36/h2-20H. The molecule has 0 atom stereocenters. The van der Waals surface area contributed by atoms with E-state index >= 15 is 0 Å². The van der Waals surface area contributed by atoms with Crippen LogP contribution in [0.4, 0.5) is 22.7 Å². The van der Waals surface area contributed by atoms with Gasteiger partial charge in [-0.15, -0.1) is 0 Å². The summed E-state index contributed by atoms with van der Waals surface area (Å²) in [6, 6.07) is 42.7. The highest BCUT2D eigenvalue weighted by Crippen LogP contribution is 2.37. The number of hydrogen-bond acceptors (Lipinski definition) is 4. The van der Waals surface area contributed by atoms with Gasteiger partial charge < -0.3 is 4.90 Å². The summed E-state index contributed by atoms with van der Waals surface area (Å²) < 4.78 is 0. The number of para-hydroxylation sites is 1. The zero-order chi connectivity index (χ0) is 27.2. The van der Waals surface area contributed by atoms with Crippen LogP contribution in [0.2, 0.25) is 0 Å². The molecule has 0 saturated carbocycles. The zero-order valence-corrected chi connectivity index (χ0v) is 20.7. The van der Waals surface area contributed by atoms with Crippen molar-refractivity contribution in [3.05, 3.63) is 143 Å². The van der Waals surface area contributed by atoms with E-state index in [-0.39, 0.29) is 0 Å². The second kappa shape index (κ2) is 10.9. The van der Waals surface area contributed by atoms with Crippen LogP contribution >= 0.6 is 0 Å². The monoisotopic (exact) mass is 497 g/mol. The molecule has 5 aromatic rings. The lowest BCUT2D eigenvalue weighted by Gasteiger charge is -2.26. The van der Waals surface area contributed by atoms with Crippen molar-refractivity contribution in [1.29, 1.82) is 15.8 Å². The van der Waals surface area contributed by atoms with Crippen molar-refractivity contribution in [2.24, 2.45) is 0 Å². The summed E-state index contributed by atoms with van der Waals surface area (Å²) in [6.45, 7) is 7.35. The van der Waals surface area contributed by atoms with Gasteiger partial charge in [-0.1, -0.05) is 42.5 Å². The average Bonchev–Trinajstić information content (AvgIpc) is 3.01. The molecule has 39 heavy (non-hydrogen) atoms. The highest BCUT2D eigenvalue weighted by atomic mass is 15.1. The molecule has 0 aromatic heterocycles. The third-order valence-electron chi connectivity index (χ3n) is 6.30. The van der Waals surface area contributed by atoms with E-state index in [2.05, 4.69) is 28.0 Å². The highest BCUT2D eigenvalue weighted by molar-refractivity contribution is 5.80. The number of anilines is 3. The van der Waals surface area contributed by atoms with Crippen molar-refractivity contribution in [3.8, 4) is 40.5 Å². The second-order valence-corrected chi connectivity index (χ2v) is 8.78. The summed E-state index contributed by atoms with van der Waals surface area (Å²) >= 11 is 0. The molecule has 5 rings (SSSR count). The van der Waals surface area contributed by atoms with Crippen LogP contribution < -0.4 is 4.90 Å². The van der Waals surface area contributed by atoms with E-state index in [4.69, 9.17) is 6.57 Å². The van der Waals surface area contributed by atoms with Crippen LogP contribution in [-0.4, -0.2) is 0 Å². The lowest BCUT2D eigenvalue weighted by molar-refractivity contribution is 1.28. The molecule has 0 bridgehead atoms. The molecule has 0 unspecified atom stereocenters. The van der Waals surface area contributed by atoms with E-state index in [9.17, 15) is 15.8 Å². The third kappa shape index (κ3) is 5.21. The summed E-state index contributed by atoms with van der Waals surface area (Å²) in [7, 11) is 0. The number of benzene rings is 5. The zero-order valence-electron chi connectivity index (χ0n) is 20.7. The van der Waals surface area contributed by atoms with Crippen molar-refractivity contribution < 1.29 is 0 Å². The fourth-order valence-corrected chi connectivity index (χ4v) is 4.46. The number of rotatable bonds is 5. The van der Waals surface area contributed by atoms with Gasteiger partial charge in [0.2, 0.25) is 0 Å². The first kappa shape index (κ1) is 24.5. The predicted molar refractivity (Wildman–Crippen MR) is 152 cm³/mol. The van der Waals surface area contributed by atoms with E-state index in [0.29, 0.717) is 22.4 Å². The van der Waals surface area contributed by atoms with Gasteiger partial charge >= 0.3 is 0 Å². The minimum Gasteiger partial charge on any atom is -0.311 e. The second-order valence-electron chi connectivity index (χ2n) is 8.78. The lowest BCUT2D eigenvalue weighted by atomic mass is 10.00.